The highest BCUT2D eigenvalue weighted by atomic mass is 79.9. The van der Waals surface area contributed by atoms with E-state index in [1.807, 2.05) is 36.4 Å². The van der Waals surface area contributed by atoms with Crippen LogP contribution in [0.1, 0.15) is 44.1 Å². The summed E-state index contributed by atoms with van der Waals surface area (Å²) in [5.41, 5.74) is 5.18. The quantitative estimate of drug-likeness (QED) is 0.303. The first kappa shape index (κ1) is 20.5. The van der Waals surface area contributed by atoms with Crippen molar-refractivity contribution in [1.29, 1.82) is 0 Å². The minimum Gasteiger partial charge on any atom is -0.459 e. The van der Waals surface area contributed by atoms with Crippen LogP contribution < -0.4 is 5.32 Å². The van der Waals surface area contributed by atoms with Crippen molar-refractivity contribution in [1.82, 2.24) is 0 Å². The maximum Gasteiger partial charge on any atom is 0.162 e. The van der Waals surface area contributed by atoms with Gasteiger partial charge in [0.25, 0.3) is 0 Å². The summed E-state index contributed by atoms with van der Waals surface area (Å²) in [4.78, 5) is 13.5. The van der Waals surface area contributed by atoms with E-state index in [-0.39, 0.29) is 17.2 Å². The number of allylic oxidation sites excluding steroid dienone is 1. The molecule has 1 atom stereocenters. The van der Waals surface area contributed by atoms with Gasteiger partial charge in [0.05, 0.1) is 0 Å². The maximum atomic E-state index is 13.5. The molecule has 0 radical (unpaired) electrons. The largest absolute Gasteiger partial charge is 0.459 e. The van der Waals surface area contributed by atoms with Gasteiger partial charge in [0.2, 0.25) is 0 Å². The van der Waals surface area contributed by atoms with Gasteiger partial charge in [0.15, 0.2) is 5.78 Å². The number of halogens is 1. The fourth-order valence-corrected chi connectivity index (χ4v) is 5.59. The number of benzene rings is 3. The predicted molar refractivity (Wildman–Crippen MR) is 137 cm³/mol. The average Bonchev–Trinajstić information content (AvgIpc) is 3.28. The first-order chi connectivity index (χ1) is 15.9. The van der Waals surface area contributed by atoms with Crippen molar-refractivity contribution in [3.63, 3.8) is 0 Å². The molecule has 2 aliphatic rings. The zero-order chi connectivity index (χ0) is 22.7. The van der Waals surface area contributed by atoms with Crippen LogP contribution in [0.3, 0.4) is 0 Å². The van der Waals surface area contributed by atoms with Crippen LogP contribution in [0.5, 0.6) is 0 Å². The number of carbonyl (C=O) groups excluding carboxylic acids is 1. The second-order valence-corrected chi connectivity index (χ2v) is 10.7. The minimum absolute atomic E-state index is 0.0717. The number of nitrogens with one attached hydrogen (secondary N) is 1. The topological polar surface area (TPSA) is 42.2 Å². The molecule has 6 rings (SSSR count). The average molecular weight is 498 g/mol. The molecule has 4 aromatic rings. The molecule has 1 N–H and O–H groups in total. The molecule has 3 nitrogen and oxygen atoms in total. The van der Waals surface area contributed by atoms with Crippen LogP contribution in [-0.4, -0.2) is 5.78 Å². The van der Waals surface area contributed by atoms with Crippen LogP contribution in [0.2, 0.25) is 0 Å². The number of carbonyl (C=O) groups is 1. The molecule has 3 aromatic carbocycles. The number of anilines is 1. The van der Waals surface area contributed by atoms with Gasteiger partial charge in [-0.25, -0.2) is 0 Å². The standard InChI is InChI=1S/C29H24BrNO2/c1-29(2)15-21-26-20-6-4-3-5-17(20)9-12-22(26)31-28(27(21)23(32)16-29)25-14-13-24(33-25)18-7-10-19(30)11-8-18/h3-14,28,31H,15-16H2,1-2H3/t28-/m0/s1. The Hall–Kier alpha value is -3.11. The first-order valence-electron chi connectivity index (χ1n) is 11.3. The molecule has 2 heterocycles. The SMILES string of the molecule is CC1(C)CC(=O)C2=C(C1)c1c(ccc3ccccc13)N[C@H]2c1ccc(-c2ccc(Br)cc2)o1. The molecule has 33 heavy (non-hydrogen) atoms. The van der Waals surface area contributed by atoms with Gasteiger partial charge in [-0.05, 0) is 58.5 Å². The summed E-state index contributed by atoms with van der Waals surface area (Å²) in [6.45, 7) is 4.38. The van der Waals surface area contributed by atoms with Crippen molar-refractivity contribution in [2.24, 2.45) is 5.41 Å². The van der Waals surface area contributed by atoms with Crippen molar-refractivity contribution < 1.29 is 9.21 Å². The molecule has 0 bridgehead atoms. The lowest BCUT2D eigenvalue weighted by molar-refractivity contribution is -0.118. The smallest absolute Gasteiger partial charge is 0.162 e. The third-order valence-corrected chi connectivity index (χ3v) is 7.31. The minimum atomic E-state index is -0.290. The van der Waals surface area contributed by atoms with Gasteiger partial charge < -0.3 is 9.73 Å². The highest BCUT2D eigenvalue weighted by Crippen LogP contribution is 2.52. The summed E-state index contributed by atoms with van der Waals surface area (Å²) in [5.74, 6) is 1.78. The van der Waals surface area contributed by atoms with E-state index in [4.69, 9.17) is 4.42 Å². The zero-order valence-corrected chi connectivity index (χ0v) is 20.2. The molecule has 0 fully saturated rings. The number of furan rings is 1. The number of ketones is 1. The molecule has 1 aliphatic heterocycles. The highest BCUT2D eigenvalue weighted by Gasteiger charge is 2.41. The van der Waals surface area contributed by atoms with E-state index in [9.17, 15) is 4.79 Å². The normalized spacial score (nSPS) is 19.2. The molecule has 4 heteroatoms. The Labute approximate surface area is 201 Å². The summed E-state index contributed by atoms with van der Waals surface area (Å²) in [5, 5.41) is 6.03. The number of hydrogen-bond acceptors (Lipinski definition) is 3. The van der Waals surface area contributed by atoms with Gasteiger partial charge in [0, 0.05) is 33.3 Å². The van der Waals surface area contributed by atoms with Crippen LogP contribution in [0.15, 0.2) is 87.3 Å². The second-order valence-electron chi connectivity index (χ2n) is 9.83. The summed E-state index contributed by atoms with van der Waals surface area (Å²) in [6.07, 6.45) is 1.41. The van der Waals surface area contributed by atoms with E-state index >= 15 is 0 Å². The van der Waals surface area contributed by atoms with E-state index in [1.54, 1.807) is 0 Å². The van der Waals surface area contributed by atoms with Crippen molar-refractivity contribution in [2.45, 2.75) is 32.7 Å². The molecule has 1 aliphatic carbocycles. The van der Waals surface area contributed by atoms with Gasteiger partial charge >= 0.3 is 0 Å². The lowest BCUT2D eigenvalue weighted by Crippen LogP contribution is -2.33. The Kier molecular flexibility index (Phi) is 4.63. The summed E-state index contributed by atoms with van der Waals surface area (Å²) in [7, 11) is 0. The van der Waals surface area contributed by atoms with Crippen molar-refractivity contribution in [3.05, 3.63) is 94.2 Å². The zero-order valence-electron chi connectivity index (χ0n) is 18.6. The molecular weight excluding hydrogens is 474 g/mol. The van der Waals surface area contributed by atoms with Crippen LogP contribution in [0.25, 0.3) is 27.7 Å². The number of rotatable bonds is 2. The van der Waals surface area contributed by atoms with E-state index in [0.717, 1.165) is 44.8 Å². The van der Waals surface area contributed by atoms with Crippen molar-refractivity contribution >= 4 is 43.7 Å². The highest BCUT2D eigenvalue weighted by molar-refractivity contribution is 9.10. The first-order valence-corrected chi connectivity index (χ1v) is 12.1. The Morgan fingerprint density at radius 1 is 0.939 bits per heavy atom. The number of hydrogen-bond donors (Lipinski definition) is 1. The Morgan fingerprint density at radius 3 is 2.55 bits per heavy atom. The van der Waals surface area contributed by atoms with Crippen LogP contribution in [0.4, 0.5) is 5.69 Å². The maximum absolute atomic E-state index is 13.5. The van der Waals surface area contributed by atoms with Gasteiger partial charge in [0.1, 0.15) is 17.6 Å². The van der Waals surface area contributed by atoms with Gasteiger partial charge in [-0.15, -0.1) is 0 Å². The molecule has 1 aromatic heterocycles. The third kappa shape index (κ3) is 3.44. The van der Waals surface area contributed by atoms with Gasteiger partial charge in [-0.3, -0.25) is 4.79 Å². The van der Waals surface area contributed by atoms with Gasteiger partial charge in [-0.2, -0.15) is 0 Å². The lowest BCUT2D eigenvalue weighted by atomic mass is 9.68. The molecular formula is C29H24BrNO2. The van der Waals surface area contributed by atoms with E-state index in [0.29, 0.717) is 6.42 Å². The van der Waals surface area contributed by atoms with Crippen LogP contribution >= 0.6 is 15.9 Å². The monoisotopic (exact) mass is 497 g/mol. The summed E-state index contributed by atoms with van der Waals surface area (Å²) < 4.78 is 7.37. The summed E-state index contributed by atoms with van der Waals surface area (Å²) >= 11 is 3.49. The fourth-order valence-electron chi connectivity index (χ4n) is 5.33. The molecule has 0 spiro atoms. The number of Topliss-reactive ketones (excluding diaryl/α,β-unsaturated/α-hetero) is 1. The molecule has 0 saturated carbocycles. The van der Waals surface area contributed by atoms with E-state index in [1.165, 1.54) is 16.3 Å². The second kappa shape index (κ2) is 7.46. The third-order valence-electron chi connectivity index (χ3n) is 6.78. The Bertz CT molecular complexity index is 1440. The molecule has 0 amide bonds. The summed E-state index contributed by atoms with van der Waals surface area (Å²) in [6, 6.07) is 24.5. The van der Waals surface area contributed by atoms with Crippen molar-refractivity contribution in [2.75, 3.05) is 5.32 Å². The predicted octanol–water partition coefficient (Wildman–Crippen LogP) is 8.17. The van der Waals surface area contributed by atoms with Crippen molar-refractivity contribution in [3.8, 4) is 11.3 Å². The van der Waals surface area contributed by atoms with E-state index in [2.05, 4.69) is 71.5 Å². The molecule has 0 saturated heterocycles. The van der Waals surface area contributed by atoms with Gasteiger partial charge in [-0.1, -0.05) is 72.2 Å². The number of fused-ring (bicyclic) bond motifs is 4. The lowest BCUT2D eigenvalue weighted by Gasteiger charge is -2.39. The molecule has 0 unspecified atom stereocenters. The Morgan fingerprint density at radius 2 is 1.73 bits per heavy atom. The van der Waals surface area contributed by atoms with Crippen LogP contribution in [-0.2, 0) is 4.79 Å². The van der Waals surface area contributed by atoms with E-state index < -0.39 is 0 Å². The van der Waals surface area contributed by atoms with Crippen LogP contribution in [0, 0.1) is 5.41 Å². The Balaban J connectivity index is 1.53. The molecule has 164 valence electrons. The fraction of sp³-hybridized carbons (Fsp3) is 0.207.